The molecule has 0 aliphatic carbocycles. The van der Waals surface area contributed by atoms with Crippen LogP contribution in [0.1, 0.15) is 13.8 Å². The van der Waals surface area contributed by atoms with Crippen LogP contribution >= 0.6 is 0 Å². The Hall–Kier alpha value is -0.120. The molecule has 0 unspecified atom stereocenters. The molecule has 3 heteroatoms. The first-order valence-corrected chi connectivity index (χ1v) is 3.67. The molecule has 1 aliphatic rings. The van der Waals surface area contributed by atoms with Gasteiger partial charge >= 0.3 is 0 Å². The van der Waals surface area contributed by atoms with Crippen LogP contribution in [0.25, 0.3) is 0 Å². The van der Waals surface area contributed by atoms with Crippen molar-refractivity contribution in [3.05, 3.63) is 0 Å². The fourth-order valence-electron chi connectivity index (χ4n) is 1.28. The van der Waals surface area contributed by atoms with Gasteiger partial charge in [0.05, 0.1) is 32.4 Å². The van der Waals surface area contributed by atoms with Gasteiger partial charge in [0.15, 0.2) is 0 Å². The highest BCUT2D eigenvalue weighted by atomic mass is 16.7. The minimum Gasteiger partial charge on any atom is -0.373 e. The summed E-state index contributed by atoms with van der Waals surface area (Å²) in [5.41, 5.74) is 0. The number of rotatable bonds is 1. The van der Waals surface area contributed by atoms with Crippen molar-refractivity contribution in [3.63, 3.8) is 0 Å². The molecule has 3 nitrogen and oxygen atoms in total. The van der Waals surface area contributed by atoms with E-state index in [1.165, 1.54) is 0 Å². The minimum absolute atomic E-state index is 0.295. The fourth-order valence-corrected chi connectivity index (χ4v) is 1.28. The zero-order valence-electron chi connectivity index (χ0n) is 6.83. The van der Waals surface area contributed by atoms with Gasteiger partial charge in [-0.2, -0.15) is 5.06 Å². The van der Waals surface area contributed by atoms with Crippen molar-refractivity contribution in [1.82, 2.24) is 5.06 Å². The van der Waals surface area contributed by atoms with Crippen molar-refractivity contribution in [2.45, 2.75) is 26.1 Å². The first-order chi connectivity index (χ1) is 4.72. The second kappa shape index (κ2) is 3.32. The molecule has 0 bridgehead atoms. The molecule has 1 saturated heterocycles. The smallest absolute Gasteiger partial charge is 0.0701 e. The van der Waals surface area contributed by atoms with Gasteiger partial charge in [-0.1, -0.05) is 0 Å². The van der Waals surface area contributed by atoms with E-state index < -0.39 is 0 Å². The lowest BCUT2D eigenvalue weighted by Gasteiger charge is -2.33. The lowest BCUT2D eigenvalue weighted by atomic mass is 10.3. The van der Waals surface area contributed by atoms with E-state index in [1.807, 2.05) is 5.06 Å². The summed E-state index contributed by atoms with van der Waals surface area (Å²) in [5.74, 6) is 0. The zero-order chi connectivity index (χ0) is 7.56. The summed E-state index contributed by atoms with van der Waals surface area (Å²) in [5, 5.41) is 1.93. The molecular formula is C7H15NO2. The number of nitrogens with zero attached hydrogens (tertiary/aromatic N) is 1. The van der Waals surface area contributed by atoms with Crippen molar-refractivity contribution in [2.24, 2.45) is 0 Å². The molecule has 10 heavy (non-hydrogen) atoms. The number of hydroxylamine groups is 2. The number of hydrogen-bond acceptors (Lipinski definition) is 3. The zero-order valence-corrected chi connectivity index (χ0v) is 6.83. The number of hydrogen-bond donors (Lipinski definition) is 0. The Bertz CT molecular complexity index is 97.8. The second-order valence-electron chi connectivity index (χ2n) is 2.79. The Morgan fingerprint density at radius 2 is 1.80 bits per heavy atom. The van der Waals surface area contributed by atoms with Crippen molar-refractivity contribution < 1.29 is 9.57 Å². The average Bonchev–Trinajstić information content (AvgIpc) is 1.85. The van der Waals surface area contributed by atoms with Crippen LogP contribution in [0.4, 0.5) is 0 Å². The summed E-state index contributed by atoms with van der Waals surface area (Å²) in [6, 6.07) is 0. The molecule has 1 aliphatic heterocycles. The summed E-state index contributed by atoms with van der Waals surface area (Å²) in [4.78, 5) is 5.09. The molecule has 1 heterocycles. The third kappa shape index (κ3) is 1.94. The van der Waals surface area contributed by atoms with Gasteiger partial charge in [0.1, 0.15) is 0 Å². The summed E-state index contributed by atoms with van der Waals surface area (Å²) >= 11 is 0. The molecule has 0 N–H and O–H groups in total. The van der Waals surface area contributed by atoms with E-state index in [0.717, 1.165) is 13.1 Å². The van der Waals surface area contributed by atoms with Gasteiger partial charge < -0.3 is 9.57 Å². The molecule has 1 fully saturated rings. The molecule has 2 atom stereocenters. The molecular weight excluding hydrogens is 130 g/mol. The predicted octanol–water partition coefficient (Wildman–Crippen LogP) is 0.657. The third-order valence-electron chi connectivity index (χ3n) is 1.64. The topological polar surface area (TPSA) is 21.7 Å². The standard InChI is InChI=1S/C7H15NO2/c1-6-4-8(9-3)5-7(2)10-6/h6-7H,4-5H2,1-3H3/t6-,7+. The highest BCUT2D eigenvalue weighted by molar-refractivity contribution is 4.66. The van der Waals surface area contributed by atoms with Gasteiger partial charge in [-0.15, -0.1) is 0 Å². The Labute approximate surface area is 61.9 Å². The predicted molar refractivity (Wildman–Crippen MR) is 38.6 cm³/mol. The van der Waals surface area contributed by atoms with E-state index in [1.54, 1.807) is 7.11 Å². The molecule has 0 aromatic heterocycles. The normalized spacial score (nSPS) is 36.3. The maximum Gasteiger partial charge on any atom is 0.0701 e. The van der Waals surface area contributed by atoms with Crippen molar-refractivity contribution in [2.75, 3.05) is 20.2 Å². The molecule has 0 saturated carbocycles. The number of ether oxygens (including phenoxy) is 1. The van der Waals surface area contributed by atoms with Crippen LogP contribution in [0.3, 0.4) is 0 Å². The Morgan fingerprint density at radius 1 is 1.30 bits per heavy atom. The molecule has 0 spiro atoms. The summed E-state index contributed by atoms with van der Waals surface area (Å²) in [6.45, 7) is 5.87. The Balaban J connectivity index is 2.35. The first-order valence-electron chi connectivity index (χ1n) is 3.67. The Morgan fingerprint density at radius 3 is 2.20 bits per heavy atom. The van der Waals surface area contributed by atoms with Crippen LogP contribution < -0.4 is 0 Å². The third-order valence-corrected chi connectivity index (χ3v) is 1.64. The Kier molecular flexibility index (Phi) is 2.65. The maximum atomic E-state index is 5.50. The molecule has 60 valence electrons. The van der Waals surface area contributed by atoms with E-state index in [2.05, 4.69) is 13.8 Å². The fraction of sp³-hybridized carbons (Fsp3) is 1.00. The molecule has 0 amide bonds. The molecule has 0 aromatic rings. The van der Waals surface area contributed by atoms with Crippen LogP contribution in [0, 0.1) is 0 Å². The van der Waals surface area contributed by atoms with Crippen molar-refractivity contribution in [1.29, 1.82) is 0 Å². The van der Waals surface area contributed by atoms with E-state index >= 15 is 0 Å². The SMILES string of the molecule is CON1C[C@@H](C)O[C@@H](C)C1. The van der Waals surface area contributed by atoms with Crippen molar-refractivity contribution in [3.8, 4) is 0 Å². The lowest BCUT2D eigenvalue weighted by molar-refractivity contribution is -0.209. The summed E-state index contributed by atoms with van der Waals surface area (Å²) in [6.07, 6.45) is 0.590. The minimum atomic E-state index is 0.295. The van der Waals surface area contributed by atoms with E-state index in [-0.39, 0.29) is 0 Å². The van der Waals surface area contributed by atoms with Crippen LogP contribution in [0.15, 0.2) is 0 Å². The quantitative estimate of drug-likeness (QED) is 0.541. The largest absolute Gasteiger partial charge is 0.373 e. The van der Waals surface area contributed by atoms with Gasteiger partial charge in [-0.25, -0.2) is 0 Å². The van der Waals surface area contributed by atoms with E-state index in [4.69, 9.17) is 9.57 Å². The average molecular weight is 145 g/mol. The summed E-state index contributed by atoms with van der Waals surface area (Å²) < 4.78 is 5.50. The molecule has 1 rings (SSSR count). The maximum absolute atomic E-state index is 5.50. The van der Waals surface area contributed by atoms with Crippen LogP contribution in [-0.4, -0.2) is 37.5 Å². The monoisotopic (exact) mass is 145 g/mol. The van der Waals surface area contributed by atoms with Crippen LogP contribution in [0.2, 0.25) is 0 Å². The highest BCUT2D eigenvalue weighted by Gasteiger charge is 2.21. The lowest BCUT2D eigenvalue weighted by Crippen LogP contribution is -2.44. The van der Waals surface area contributed by atoms with Gasteiger partial charge in [-0.05, 0) is 13.8 Å². The second-order valence-corrected chi connectivity index (χ2v) is 2.79. The molecule has 0 aromatic carbocycles. The van der Waals surface area contributed by atoms with Crippen molar-refractivity contribution >= 4 is 0 Å². The number of morpholine rings is 1. The summed E-state index contributed by atoms with van der Waals surface area (Å²) in [7, 11) is 1.70. The highest BCUT2D eigenvalue weighted by Crippen LogP contribution is 2.09. The van der Waals surface area contributed by atoms with Gasteiger partial charge in [0.2, 0.25) is 0 Å². The van der Waals surface area contributed by atoms with Gasteiger partial charge in [0.25, 0.3) is 0 Å². The first kappa shape index (κ1) is 7.98. The van der Waals surface area contributed by atoms with E-state index in [9.17, 15) is 0 Å². The van der Waals surface area contributed by atoms with Crippen LogP contribution in [0.5, 0.6) is 0 Å². The van der Waals surface area contributed by atoms with Gasteiger partial charge in [0, 0.05) is 0 Å². The van der Waals surface area contributed by atoms with Crippen LogP contribution in [-0.2, 0) is 9.57 Å². The molecule has 0 radical (unpaired) electrons. The van der Waals surface area contributed by atoms with E-state index in [0.29, 0.717) is 12.2 Å². The van der Waals surface area contributed by atoms with Gasteiger partial charge in [-0.3, -0.25) is 0 Å².